The first-order valence-corrected chi connectivity index (χ1v) is 9.47. The molecule has 0 aliphatic rings. The van der Waals surface area contributed by atoms with E-state index in [1.54, 1.807) is 0 Å². The number of halogens is 4. The second kappa shape index (κ2) is 7.87. The SMILES string of the molecule is O=C(NCCc1c[nH]c2ccccc12)c1cnn(-c2ccc(Cl)cc2)c1C(F)(F)F. The van der Waals surface area contributed by atoms with Gasteiger partial charge in [-0.15, -0.1) is 0 Å². The van der Waals surface area contributed by atoms with E-state index in [-0.39, 0.29) is 12.2 Å². The Morgan fingerprint density at radius 1 is 1.13 bits per heavy atom. The Morgan fingerprint density at radius 3 is 2.60 bits per heavy atom. The van der Waals surface area contributed by atoms with Crippen molar-refractivity contribution in [3.8, 4) is 5.69 Å². The summed E-state index contributed by atoms with van der Waals surface area (Å²) in [5.41, 5.74) is 0.427. The highest BCUT2D eigenvalue weighted by Crippen LogP contribution is 2.33. The molecule has 0 fully saturated rings. The number of fused-ring (bicyclic) bond motifs is 1. The molecule has 154 valence electrons. The number of hydrogen-bond acceptors (Lipinski definition) is 2. The molecule has 0 unspecified atom stereocenters. The molecule has 0 saturated carbocycles. The molecule has 0 bridgehead atoms. The maximum atomic E-state index is 13.7. The van der Waals surface area contributed by atoms with E-state index in [9.17, 15) is 18.0 Å². The number of hydrogen-bond donors (Lipinski definition) is 2. The van der Waals surface area contributed by atoms with E-state index in [1.807, 2.05) is 30.5 Å². The predicted molar refractivity (Wildman–Crippen MR) is 108 cm³/mol. The highest BCUT2D eigenvalue weighted by molar-refractivity contribution is 6.30. The Kier molecular flexibility index (Phi) is 5.26. The Morgan fingerprint density at radius 2 is 1.87 bits per heavy atom. The fraction of sp³-hybridized carbons (Fsp3) is 0.143. The van der Waals surface area contributed by atoms with Crippen molar-refractivity contribution < 1.29 is 18.0 Å². The van der Waals surface area contributed by atoms with Gasteiger partial charge in [0.2, 0.25) is 0 Å². The van der Waals surface area contributed by atoms with Gasteiger partial charge in [-0.25, -0.2) is 4.68 Å². The van der Waals surface area contributed by atoms with Gasteiger partial charge in [-0.05, 0) is 42.3 Å². The van der Waals surface area contributed by atoms with E-state index in [1.165, 1.54) is 24.3 Å². The van der Waals surface area contributed by atoms with Crippen molar-refractivity contribution in [3.05, 3.63) is 82.8 Å². The van der Waals surface area contributed by atoms with Crippen LogP contribution in [0.15, 0.2) is 60.9 Å². The minimum atomic E-state index is -4.76. The number of nitrogens with zero attached hydrogens (tertiary/aromatic N) is 2. The molecule has 0 spiro atoms. The second-order valence-electron chi connectivity index (χ2n) is 6.66. The third-order valence-corrected chi connectivity index (χ3v) is 4.96. The van der Waals surface area contributed by atoms with Crippen LogP contribution in [0.2, 0.25) is 5.02 Å². The van der Waals surface area contributed by atoms with Gasteiger partial charge < -0.3 is 10.3 Å². The monoisotopic (exact) mass is 432 g/mol. The Bertz CT molecular complexity index is 1200. The first-order valence-electron chi connectivity index (χ1n) is 9.09. The van der Waals surface area contributed by atoms with Crippen molar-refractivity contribution in [2.75, 3.05) is 6.54 Å². The zero-order chi connectivity index (χ0) is 21.3. The summed E-state index contributed by atoms with van der Waals surface area (Å²) >= 11 is 5.80. The molecule has 4 aromatic rings. The molecule has 0 aliphatic heterocycles. The minimum Gasteiger partial charge on any atom is -0.361 e. The van der Waals surface area contributed by atoms with Crippen LogP contribution in [0.4, 0.5) is 13.2 Å². The molecule has 0 atom stereocenters. The zero-order valence-electron chi connectivity index (χ0n) is 15.5. The van der Waals surface area contributed by atoms with Gasteiger partial charge >= 0.3 is 6.18 Å². The Labute approximate surface area is 174 Å². The largest absolute Gasteiger partial charge is 0.434 e. The molecule has 1 amide bonds. The van der Waals surface area contributed by atoms with Gasteiger partial charge in [-0.2, -0.15) is 18.3 Å². The fourth-order valence-corrected chi connectivity index (χ4v) is 3.44. The number of carbonyl (C=O) groups is 1. The van der Waals surface area contributed by atoms with Crippen LogP contribution in [0.3, 0.4) is 0 Å². The smallest absolute Gasteiger partial charge is 0.361 e. The number of para-hydroxylation sites is 1. The summed E-state index contributed by atoms with van der Waals surface area (Å²) < 4.78 is 41.8. The predicted octanol–water partition coefficient (Wildman–Crippen LogP) is 5.00. The summed E-state index contributed by atoms with van der Waals surface area (Å²) in [6, 6.07) is 13.4. The number of aromatic amines is 1. The van der Waals surface area contributed by atoms with E-state index in [0.29, 0.717) is 16.1 Å². The molecule has 30 heavy (non-hydrogen) atoms. The lowest BCUT2D eigenvalue weighted by Gasteiger charge is -2.13. The molecule has 0 aliphatic carbocycles. The summed E-state index contributed by atoms with van der Waals surface area (Å²) in [5.74, 6) is -0.831. The number of H-pyrrole nitrogens is 1. The molecule has 2 aromatic heterocycles. The summed E-state index contributed by atoms with van der Waals surface area (Å²) in [6.45, 7) is 0.185. The third-order valence-electron chi connectivity index (χ3n) is 4.71. The van der Waals surface area contributed by atoms with Gasteiger partial charge in [0.25, 0.3) is 5.91 Å². The molecule has 9 heteroatoms. The number of aromatic nitrogens is 3. The van der Waals surface area contributed by atoms with Gasteiger partial charge in [-0.1, -0.05) is 29.8 Å². The van der Waals surface area contributed by atoms with Gasteiger partial charge in [0.05, 0.1) is 17.4 Å². The summed E-state index contributed by atoms with van der Waals surface area (Å²) in [4.78, 5) is 15.6. The van der Waals surface area contributed by atoms with Crippen LogP contribution in [0.25, 0.3) is 16.6 Å². The lowest BCUT2D eigenvalue weighted by Crippen LogP contribution is -2.28. The van der Waals surface area contributed by atoms with Crippen LogP contribution in [0, 0.1) is 0 Å². The molecule has 0 saturated heterocycles. The number of alkyl halides is 3. The lowest BCUT2D eigenvalue weighted by molar-refractivity contribution is -0.143. The van der Waals surface area contributed by atoms with Crippen LogP contribution < -0.4 is 5.32 Å². The number of nitrogens with one attached hydrogen (secondary N) is 2. The average molecular weight is 433 g/mol. The van der Waals surface area contributed by atoms with Crippen LogP contribution in [0.5, 0.6) is 0 Å². The maximum Gasteiger partial charge on any atom is 0.434 e. The van der Waals surface area contributed by atoms with Crippen molar-refractivity contribution in [3.63, 3.8) is 0 Å². The molecule has 2 N–H and O–H groups in total. The number of amides is 1. The number of benzene rings is 2. The van der Waals surface area contributed by atoms with Crippen LogP contribution in [0.1, 0.15) is 21.6 Å². The van der Waals surface area contributed by atoms with E-state index < -0.39 is 23.3 Å². The van der Waals surface area contributed by atoms with Crippen molar-refractivity contribution >= 4 is 28.4 Å². The lowest BCUT2D eigenvalue weighted by atomic mass is 10.1. The summed E-state index contributed by atoms with van der Waals surface area (Å²) in [7, 11) is 0. The molecule has 2 heterocycles. The third kappa shape index (κ3) is 3.91. The average Bonchev–Trinajstić information content (AvgIpc) is 3.33. The summed E-state index contributed by atoms with van der Waals surface area (Å²) in [5, 5.41) is 7.75. The van der Waals surface area contributed by atoms with Gasteiger partial charge in [0, 0.05) is 28.7 Å². The standard InChI is InChI=1S/C21H16ClF3N4O/c22-14-5-7-15(8-6-14)29-19(21(23,24)25)17(12-28-29)20(30)26-10-9-13-11-27-18-4-2-1-3-16(13)18/h1-8,11-12,27H,9-10H2,(H,26,30). The van der Waals surface area contributed by atoms with Crippen molar-refractivity contribution in [2.24, 2.45) is 0 Å². The maximum absolute atomic E-state index is 13.7. The molecular formula is C21H16ClF3N4O. The highest BCUT2D eigenvalue weighted by atomic mass is 35.5. The quantitative estimate of drug-likeness (QED) is 0.466. The Hall–Kier alpha value is -3.26. The first-order chi connectivity index (χ1) is 14.3. The Balaban J connectivity index is 1.54. The zero-order valence-corrected chi connectivity index (χ0v) is 16.3. The summed E-state index contributed by atoms with van der Waals surface area (Å²) in [6.07, 6.45) is -1.53. The van der Waals surface area contributed by atoms with Crippen LogP contribution in [-0.4, -0.2) is 27.2 Å². The highest BCUT2D eigenvalue weighted by Gasteiger charge is 2.40. The van der Waals surface area contributed by atoms with E-state index in [2.05, 4.69) is 15.4 Å². The van der Waals surface area contributed by atoms with Gasteiger partial charge in [0.15, 0.2) is 5.69 Å². The molecular weight excluding hydrogens is 417 g/mol. The molecule has 0 radical (unpaired) electrons. The van der Waals surface area contributed by atoms with E-state index in [0.717, 1.165) is 22.7 Å². The molecule has 5 nitrogen and oxygen atoms in total. The normalized spacial score (nSPS) is 11.7. The topological polar surface area (TPSA) is 62.7 Å². The van der Waals surface area contributed by atoms with Crippen molar-refractivity contribution in [1.82, 2.24) is 20.1 Å². The molecule has 2 aromatic carbocycles. The van der Waals surface area contributed by atoms with Gasteiger partial charge in [0.1, 0.15) is 0 Å². The minimum absolute atomic E-state index is 0.157. The second-order valence-corrected chi connectivity index (χ2v) is 7.09. The van der Waals surface area contributed by atoms with Crippen LogP contribution in [-0.2, 0) is 12.6 Å². The number of rotatable bonds is 5. The molecule has 4 rings (SSSR count). The van der Waals surface area contributed by atoms with E-state index in [4.69, 9.17) is 11.6 Å². The van der Waals surface area contributed by atoms with Crippen LogP contribution >= 0.6 is 11.6 Å². The van der Waals surface area contributed by atoms with Crippen molar-refractivity contribution in [2.45, 2.75) is 12.6 Å². The number of carbonyl (C=O) groups excluding carboxylic acids is 1. The fourth-order valence-electron chi connectivity index (χ4n) is 3.31. The first kappa shape index (κ1) is 20.0. The van der Waals surface area contributed by atoms with Gasteiger partial charge in [-0.3, -0.25) is 4.79 Å². The van der Waals surface area contributed by atoms with E-state index >= 15 is 0 Å². The van der Waals surface area contributed by atoms with Crippen molar-refractivity contribution in [1.29, 1.82) is 0 Å².